The van der Waals surface area contributed by atoms with Crippen LogP contribution in [0.3, 0.4) is 0 Å². The summed E-state index contributed by atoms with van der Waals surface area (Å²) in [6.45, 7) is 5.67. The second-order valence-corrected chi connectivity index (χ2v) is 6.03. The lowest BCUT2D eigenvalue weighted by Gasteiger charge is -2.09. The van der Waals surface area contributed by atoms with Crippen LogP contribution in [0.15, 0.2) is 40.2 Å². The molecule has 0 aliphatic heterocycles. The fourth-order valence-corrected chi connectivity index (χ4v) is 2.67. The molecule has 5 nitrogen and oxygen atoms in total. The van der Waals surface area contributed by atoms with Gasteiger partial charge in [-0.2, -0.15) is 0 Å². The minimum atomic E-state index is -3.25. The first kappa shape index (κ1) is 15.5. The van der Waals surface area contributed by atoms with Crippen molar-refractivity contribution in [3.8, 4) is 0 Å². The zero-order chi connectivity index (χ0) is 14.1. The van der Waals surface area contributed by atoms with Crippen LogP contribution in [0, 0.1) is 0 Å². The summed E-state index contributed by atoms with van der Waals surface area (Å²) in [6, 6.07) is 8.45. The van der Waals surface area contributed by atoms with Gasteiger partial charge in [0.05, 0.1) is 17.2 Å². The maximum absolute atomic E-state index is 12.0. The molecule has 1 aromatic rings. The number of guanidine groups is 1. The Morgan fingerprint density at radius 2 is 1.68 bits per heavy atom. The zero-order valence-electron chi connectivity index (χ0n) is 11.4. The molecule has 6 heteroatoms. The number of hydrogen-bond donors (Lipinski definition) is 2. The molecule has 0 fully saturated rings. The molecule has 0 amide bonds. The van der Waals surface area contributed by atoms with Crippen molar-refractivity contribution in [2.75, 3.05) is 25.4 Å². The van der Waals surface area contributed by atoms with Crippen molar-refractivity contribution in [3.63, 3.8) is 0 Å². The summed E-state index contributed by atoms with van der Waals surface area (Å²) >= 11 is 0. The monoisotopic (exact) mass is 283 g/mol. The molecule has 1 rings (SSSR count). The summed E-state index contributed by atoms with van der Waals surface area (Å²) in [5.41, 5.74) is 0. The Morgan fingerprint density at radius 1 is 1.11 bits per heavy atom. The van der Waals surface area contributed by atoms with Crippen molar-refractivity contribution in [1.29, 1.82) is 0 Å². The van der Waals surface area contributed by atoms with Gasteiger partial charge in [-0.05, 0) is 26.0 Å². The van der Waals surface area contributed by atoms with Gasteiger partial charge >= 0.3 is 0 Å². The van der Waals surface area contributed by atoms with Crippen LogP contribution in [-0.2, 0) is 9.84 Å². The van der Waals surface area contributed by atoms with Gasteiger partial charge in [0.2, 0.25) is 0 Å². The van der Waals surface area contributed by atoms with Crippen molar-refractivity contribution in [1.82, 2.24) is 10.6 Å². The molecule has 0 spiro atoms. The second-order valence-electron chi connectivity index (χ2n) is 3.92. The summed E-state index contributed by atoms with van der Waals surface area (Å²) in [7, 11) is -3.25. The smallest absolute Gasteiger partial charge is 0.191 e. The maximum Gasteiger partial charge on any atom is 0.191 e. The Labute approximate surface area is 115 Å². The molecule has 0 radical (unpaired) electrons. The molecule has 19 heavy (non-hydrogen) atoms. The SMILES string of the molecule is CCNC(=NCCS(=O)(=O)c1ccccc1)NCC. The van der Waals surface area contributed by atoms with E-state index in [0.717, 1.165) is 13.1 Å². The highest BCUT2D eigenvalue weighted by Gasteiger charge is 2.12. The summed E-state index contributed by atoms with van der Waals surface area (Å²) in [5.74, 6) is 0.658. The normalized spacial score (nSPS) is 10.8. The number of benzene rings is 1. The number of hydrogen-bond acceptors (Lipinski definition) is 3. The van der Waals surface area contributed by atoms with Gasteiger partial charge in [-0.25, -0.2) is 8.42 Å². The second kappa shape index (κ2) is 7.78. The minimum absolute atomic E-state index is 0.0112. The minimum Gasteiger partial charge on any atom is -0.357 e. The van der Waals surface area contributed by atoms with Gasteiger partial charge in [-0.3, -0.25) is 4.99 Å². The van der Waals surface area contributed by atoms with Gasteiger partial charge in [-0.1, -0.05) is 18.2 Å². The molecule has 0 atom stereocenters. The number of nitrogens with zero attached hydrogens (tertiary/aromatic N) is 1. The first-order chi connectivity index (χ1) is 9.10. The first-order valence-corrected chi connectivity index (χ1v) is 8.05. The molecular weight excluding hydrogens is 262 g/mol. The molecule has 106 valence electrons. The molecule has 0 unspecified atom stereocenters. The van der Waals surface area contributed by atoms with E-state index in [2.05, 4.69) is 15.6 Å². The fraction of sp³-hybridized carbons (Fsp3) is 0.462. The Bertz CT molecular complexity index is 490. The largest absolute Gasteiger partial charge is 0.357 e. The number of aliphatic imine (C=N–C) groups is 1. The van der Waals surface area contributed by atoms with Gasteiger partial charge < -0.3 is 10.6 Å². The van der Waals surface area contributed by atoms with E-state index in [-0.39, 0.29) is 12.3 Å². The topological polar surface area (TPSA) is 70.6 Å². The quantitative estimate of drug-likeness (QED) is 0.604. The lowest BCUT2D eigenvalue weighted by atomic mass is 10.4. The highest BCUT2D eigenvalue weighted by molar-refractivity contribution is 7.91. The number of nitrogens with one attached hydrogen (secondary N) is 2. The molecule has 0 aliphatic carbocycles. The van der Waals surface area contributed by atoms with Crippen LogP contribution in [0.25, 0.3) is 0 Å². The average Bonchev–Trinajstić information content (AvgIpc) is 2.40. The fourth-order valence-electron chi connectivity index (χ4n) is 1.53. The van der Waals surface area contributed by atoms with E-state index < -0.39 is 9.84 Å². The summed E-state index contributed by atoms with van der Waals surface area (Å²) in [6.07, 6.45) is 0. The summed E-state index contributed by atoms with van der Waals surface area (Å²) < 4.78 is 24.0. The number of sulfone groups is 1. The predicted molar refractivity (Wildman–Crippen MR) is 78.2 cm³/mol. The molecule has 0 heterocycles. The third-order valence-corrected chi connectivity index (χ3v) is 4.13. The lowest BCUT2D eigenvalue weighted by molar-refractivity contribution is 0.596. The van der Waals surface area contributed by atoms with Gasteiger partial charge in [0.15, 0.2) is 15.8 Å². The van der Waals surface area contributed by atoms with Crippen LogP contribution in [0.5, 0.6) is 0 Å². The van der Waals surface area contributed by atoms with E-state index in [1.807, 2.05) is 13.8 Å². The third-order valence-electron chi connectivity index (χ3n) is 2.42. The third kappa shape index (κ3) is 5.30. The van der Waals surface area contributed by atoms with Crippen molar-refractivity contribution in [2.45, 2.75) is 18.7 Å². The van der Waals surface area contributed by atoms with E-state index in [1.54, 1.807) is 30.3 Å². The van der Waals surface area contributed by atoms with Gasteiger partial charge in [0.25, 0.3) is 0 Å². The van der Waals surface area contributed by atoms with Crippen LogP contribution in [0.1, 0.15) is 13.8 Å². The van der Waals surface area contributed by atoms with Crippen molar-refractivity contribution < 1.29 is 8.42 Å². The molecule has 0 saturated heterocycles. The summed E-state index contributed by atoms with van der Waals surface area (Å²) in [5, 5.41) is 6.11. The first-order valence-electron chi connectivity index (χ1n) is 6.40. The molecular formula is C13H21N3O2S. The van der Waals surface area contributed by atoms with Crippen LogP contribution in [0.4, 0.5) is 0 Å². The van der Waals surface area contributed by atoms with Crippen LogP contribution in [-0.4, -0.2) is 39.8 Å². The Morgan fingerprint density at radius 3 is 2.21 bits per heavy atom. The van der Waals surface area contributed by atoms with Gasteiger partial charge in [-0.15, -0.1) is 0 Å². The van der Waals surface area contributed by atoms with Gasteiger partial charge in [0, 0.05) is 13.1 Å². The molecule has 0 aliphatic rings. The molecule has 1 aromatic carbocycles. The molecule has 0 bridgehead atoms. The zero-order valence-corrected chi connectivity index (χ0v) is 12.2. The highest BCUT2D eigenvalue weighted by atomic mass is 32.2. The van der Waals surface area contributed by atoms with Crippen molar-refractivity contribution >= 4 is 15.8 Å². The maximum atomic E-state index is 12.0. The summed E-state index contributed by atoms with van der Waals surface area (Å²) in [4.78, 5) is 4.58. The van der Waals surface area contributed by atoms with E-state index in [9.17, 15) is 8.42 Å². The molecule has 0 saturated carbocycles. The average molecular weight is 283 g/mol. The van der Waals surface area contributed by atoms with Crippen LogP contribution < -0.4 is 10.6 Å². The molecule has 2 N–H and O–H groups in total. The molecule has 0 aromatic heterocycles. The Balaban J connectivity index is 2.63. The lowest BCUT2D eigenvalue weighted by Crippen LogP contribution is -2.37. The van der Waals surface area contributed by atoms with Crippen molar-refractivity contribution in [2.24, 2.45) is 4.99 Å². The van der Waals surface area contributed by atoms with Crippen LogP contribution >= 0.6 is 0 Å². The predicted octanol–water partition coefficient (Wildman–Crippen LogP) is 1.04. The van der Waals surface area contributed by atoms with E-state index >= 15 is 0 Å². The van der Waals surface area contributed by atoms with E-state index in [1.165, 1.54) is 0 Å². The Hall–Kier alpha value is -1.56. The number of rotatable bonds is 6. The van der Waals surface area contributed by atoms with E-state index in [0.29, 0.717) is 10.9 Å². The standard InChI is InChI=1S/C13H21N3O2S/c1-3-14-13(15-4-2)16-10-11-19(17,18)12-8-6-5-7-9-12/h5-9H,3-4,10-11H2,1-2H3,(H2,14,15,16). The van der Waals surface area contributed by atoms with Crippen LogP contribution in [0.2, 0.25) is 0 Å². The van der Waals surface area contributed by atoms with E-state index in [4.69, 9.17) is 0 Å². The van der Waals surface area contributed by atoms with Gasteiger partial charge in [0.1, 0.15) is 0 Å². The Kier molecular flexibility index (Phi) is 6.35. The van der Waals surface area contributed by atoms with Crippen molar-refractivity contribution in [3.05, 3.63) is 30.3 Å². The highest BCUT2D eigenvalue weighted by Crippen LogP contribution is 2.09.